The van der Waals surface area contributed by atoms with Crippen LogP contribution in [0.5, 0.6) is 0 Å². The zero-order valence-electron chi connectivity index (χ0n) is 11.7. The molecule has 1 aromatic heterocycles. The molecule has 1 aliphatic rings. The molecule has 0 saturated carbocycles. The minimum Gasteiger partial charge on any atom is -0.308 e. The van der Waals surface area contributed by atoms with Crippen molar-refractivity contribution in [1.82, 2.24) is 15.2 Å². The third-order valence-electron chi connectivity index (χ3n) is 3.25. The Morgan fingerprint density at radius 1 is 1.48 bits per heavy atom. The van der Waals surface area contributed by atoms with E-state index in [-0.39, 0.29) is 36.9 Å². The van der Waals surface area contributed by atoms with Crippen molar-refractivity contribution < 1.29 is 4.79 Å². The van der Waals surface area contributed by atoms with Crippen molar-refractivity contribution >= 4 is 30.7 Å². The number of nitrogens with one attached hydrogen (secondary N) is 1. The molecular formula is C14H20Cl2N4O. The molecule has 0 aliphatic carbocycles. The molecule has 7 heteroatoms. The van der Waals surface area contributed by atoms with E-state index in [1.54, 1.807) is 11.1 Å². The van der Waals surface area contributed by atoms with Crippen LogP contribution in [0.3, 0.4) is 0 Å². The van der Waals surface area contributed by atoms with Gasteiger partial charge in [-0.05, 0) is 18.6 Å². The molecule has 5 nitrogen and oxygen atoms in total. The molecule has 0 radical (unpaired) electrons. The Morgan fingerprint density at radius 2 is 2.29 bits per heavy atom. The average molecular weight is 331 g/mol. The number of aromatic nitrogens is 1. The maximum atomic E-state index is 11.9. The number of carbonyl (C=O) groups excluding carboxylic acids is 1. The van der Waals surface area contributed by atoms with E-state index < -0.39 is 0 Å². The Morgan fingerprint density at radius 3 is 2.95 bits per heavy atom. The number of likely N-dealkylation sites (tertiary alicyclic amines) is 1. The number of rotatable bonds is 5. The summed E-state index contributed by atoms with van der Waals surface area (Å²) in [6.45, 7) is 8.79. The van der Waals surface area contributed by atoms with Crippen LogP contribution < -0.4 is 5.32 Å². The van der Waals surface area contributed by atoms with Crippen molar-refractivity contribution in [3.8, 4) is 0 Å². The maximum Gasteiger partial charge on any atom is 0.300 e. The van der Waals surface area contributed by atoms with Gasteiger partial charge in [0, 0.05) is 37.8 Å². The molecule has 0 spiro atoms. The van der Waals surface area contributed by atoms with E-state index in [0.717, 1.165) is 31.5 Å². The fourth-order valence-corrected chi connectivity index (χ4v) is 2.23. The predicted molar refractivity (Wildman–Crippen MR) is 86.6 cm³/mol. The van der Waals surface area contributed by atoms with Gasteiger partial charge in [-0.15, -0.1) is 24.8 Å². The van der Waals surface area contributed by atoms with E-state index in [9.17, 15) is 4.79 Å². The third-order valence-corrected chi connectivity index (χ3v) is 3.25. The van der Waals surface area contributed by atoms with Gasteiger partial charge in [-0.2, -0.15) is 0 Å². The van der Waals surface area contributed by atoms with Crippen LogP contribution in [-0.2, 0) is 11.2 Å². The van der Waals surface area contributed by atoms with Gasteiger partial charge in [0.2, 0.25) is 5.91 Å². The lowest BCUT2D eigenvalue weighted by molar-refractivity contribution is -0.130. The number of nitrogens with zero attached hydrogens (tertiary/aromatic N) is 3. The average Bonchev–Trinajstić information content (AvgIpc) is 2.93. The highest BCUT2D eigenvalue weighted by Gasteiger charge is 2.32. The molecule has 2 rings (SSSR count). The van der Waals surface area contributed by atoms with E-state index in [0.29, 0.717) is 13.1 Å². The van der Waals surface area contributed by atoms with Gasteiger partial charge in [-0.25, -0.2) is 6.57 Å². The first-order chi connectivity index (χ1) is 9.31. The highest BCUT2D eigenvalue weighted by Crippen LogP contribution is 2.17. The molecule has 1 saturated heterocycles. The van der Waals surface area contributed by atoms with Gasteiger partial charge >= 0.3 is 6.17 Å². The van der Waals surface area contributed by atoms with Gasteiger partial charge in [0.25, 0.3) is 0 Å². The smallest absolute Gasteiger partial charge is 0.300 e. The SMILES string of the molecule is Cl.Cl.[C-]#[N+][C@@H]1CCCN1C(=O)CNCCc1ccccn1. The molecule has 0 bridgehead atoms. The molecule has 21 heavy (non-hydrogen) atoms. The maximum absolute atomic E-state index is 11.9. The zero-order chi connectivity index (χ0) is 13.5. The van der Waals surface area contributed by atoms with Gasteiger partial charge in [0.05, 0.1) is 6.54 Å². The molecule has 0 aromatic carbocycles. The van der Waals surface area contributed by atoms with Crippen LogP contribution in [0.4, 0.5) is 0 Å². The minimum atomic E-state index is -0.245. The highest BCUT2D eigenvalue weighted by atomic mass is 35.5. The standard InChI is InChI=1S/C14H18N4O.2ClH/c1-15-13-6-4-10-18(13)14(19)11-16-9-7-12-5-2-3-8-17-12;;/h2-3,5,8,13,16H,4,6-7,9-11H2;2*1H/t13-;;/m0../s1. The zero-order valence-corrected chi connectivity index (χ0v) is 13.3. The van der Waals surface area contributed by atoms with Crippen molar-refractivity contribution in [1.29, 1.82) is 0 Å². The number of pyridine rings is 1. The normalized spacial score (nSPS) is 16.5. The van der Waals surface area contributed by atoms with E-state index in [4.69, 9.17) is 6.57 Å². The molecule has 116 valence electrons. The van der Waals surface area contributed by atoms with Crippen molar-refractivity contribution in [2.45, 2.75) is 25.4 Å². The second-order valence-corrected chi connectivity index (χ2v) is 4.59. The third kappa shape index (κ3) is 5.88. The number of halogens is 2. The first-order valence-corrected chi connectivity index (χ1v) is 6.58. The Hall–Kier alpha value is -1.35. The number of amides is 1. The summed E-state index contributed by atoms with van der Waals surface area (Å²) in [6, 6.07) is 5.81. The monoisotopic (exact) mass is 330 g/mol. The first kappa shape index (κ1) is 19.7. The lowest BCUT2D eigenvalue weighted by Gasteiger charge is -2.16. The van der Waals surface area contributed by atoms with Crippen LogP contribution in [0.2, 0.25) is 0 Å². The Labute approximate surface area is 137 Å². The summed E-state index contributed by atoms with van der Waals surface area (Å²) in [7, 11) is 0. The van der Waals surface area contributed by atoms with Gasteiger partial charge in [0.15, 0.2) is 0 Å². The quantitative estimate of drug-likeness (QED) is 0.663. The molecule has 1 fully saturated rings. The highest BCUT2D eigenvalue weighted by molar-refractivity contribution is 5.85. The van der Waals surface area contributed by atoms with Gasteiger partial charge in [-0.1, -0.05) is 6.07 Å². The lowest BCUT2D eigenvalue weighted by atomic mass is 10.3. The van der Waals surface area contributed by atoms with Crippen LogP contribution in [0.15, 0.2) is 24.4 Å². The molecule has 1 N–H and O–H groups in total. The number of hydrogen-bond acceptors (Lipinski definition) is 3. The lowest BCUT2D eigenvalue weighted by Crippen LogP contribution is -2.40. The Bertz CT molecular complexity index is 464. The van der Waals surface area contributed by atoms with Crippen molar-refractivity contribution in [3.63, 3.8) is 0 Å². The summed E-state index contributed by atoms with van der Waals surface area (Å²) >= 11 is 0. The Balaban J connectivity index is 0.00000200. The first-order valence-electron chi connectivity index (χ1n) is 6.58. The van der Waals surface area contributed by atoms with Crippen LogP contribution >= 0.6 is 24.8 Å². The Kier molecular flexibility index (Phi) is 9.72. The molecule has 1 amide bonds. The van der Waals surface area contributed by atoms with Crippen molar-refractivity contribution in [2.24, 2.45) is 0 Å². The topological polar surface area (TPSA) is 49.6 Å². The van der Waals surface area contributed by atoms with Gasteiger partial charge in [0.1, 0.15) is 0 Å². The summed E-state index contributed by atoms with van der Waals surface area (Å²) < 4.78 is 0. The fourth-order valence-electron chi connectivity index (χ4n) is 2.23. The second-order valence-electron chi connectivity index (χ2n) is 4.59. The fraction of sp³-hybridized carbons (Fsp3) is 0.500. The molecule has 2 heterocycles. The van der Waals surface area contributed by atoms with Crippen molar-refractivity contribution in [3.05, 3.63) is 41.5 Å². The predicted octanol–water partition coefficient (Wildman–Crippen LogP) is 1.93. The van der Waals surface area contributed by atoms with Crippen LogP contribution in [0.1, 0.15) is 18.5 Å². The van der Waals surface area contributed by atoms with Crippen molar-refractivity contribution in [2.75, 3.05) is 19.6 Å². The van der Waals surface area contributed by atoms with Crippen LogP contribution in [0.25, 0.3) is 4.85 Å². The summed E-state index contributed by atoms with van der Waals surface area (Å²) in [5.74, 6) is 0.0273. The molecular weight excluding hydrogens is 311 g/mol. The van der Waals surface area contributed by atoms with E-state index in [1.165, 1.54) is 0 Å². The number of hydrogen-bond donors (Lipinski definition) is 1. The van der Waals surface area contributed by atoms with Gasteiger partial charge in [-0.3, -0.25) is 19.5 Å². The van der Waals surface area contributed by atoms with Crippen LogP contribution in [0, 0.1) is 6.57 Å². The van der Waals surface area contributed by atoms with Crippen LogP contribution in [-0.4, -0.2) is 41.6 Å². The van der Waals surface area contributed by atoms with E-state index in [1.807, 2.05) is 18.2 Å². The molecule has 0 unspecified atom stereocenters. The van der Waals surface area contributed by atoms with E-state index in [2.05, 4.69) is 15.1 Å². The molecule has 1 aliphatic heterocycles. The summed E-state index contributed by atoms with van der Waals surface area (Å²) in [5.41, 5.74) is 1.02. The number of carbonyl (C=O) groups is 1. The largest absolute Gasteiger partial charge is 0.308 e. The van der Waals surface area contributed by atoms with E-state index >= 15 is 0 Å². The summed E-state index contributed by atoms with van der Waals surface area (Å²) in [5, 5.41) is 3.12. The summed E-state index contributed by atoms with van der Waals surface area (Å²) in [4.78, 5) is 21.3. The minimum absolute atomic E-state index is 0. The summed E-state index contributed by atoms with van der Waals surface area (Å²) in [6.07, 6.45) is 4.08. The van der Waals surface area contributed by atoms with Gasteiger partial charge < -0.3 is 5.32 Å². The molecule has 1 atom stereocenters. The molecule has 1 aromatic rings. The second kappa shape index (κ2) is 10.4.